The van der Waals surface area contributed by atoms with Gasteiger partial charge in [-0.1, -0.05) is 6.07 Å². The van der Waals surface area contributed by atoms with E-state index in [0.717, 1.165) is 17.5 Å². The van der Waals surface area contributed by atoms with Crippen molar-refractivity contribution < 1.29 is 18.7 Å². The van der Waals surface area contributed by atoms with Gasteiger partial charge in [0.2, 0.25) is 0 Å². The number of furan rings is 1. The first-order chi connectivity index (χ1) is 13.7. The molecule has 0 unspecified atom stereocenters. The molecule has 1 aromatic heterocycles. The minimum atomic E-state index is -0.0701. The highest BCUT2D eigenvalue weighted by Crippen LogP contribution is 2.18. The van der Waals surface area contributed by atoms with E-state index < -0.39 is 0 Å². The first-order valence-corrected chi connectivity index (χ1v) is 9.26. The number of methoxy groups -OCH3 is 1. The summed E-state index contributed by atoms with van der Waals surface area (Å²) in [5.74, 6) is 2.65. The fourth-order valence-corrected chi connectivity index (χ4v) is 3.03. The monoisotopic (exact) mass is 386 g/mol. The Morgan fingerprint density at radius 3 is 2.57 bits per heavy atom. The van der Waals surface area contributed by atoms with E-state index in [1.54, 1.807) is 31.2 Å². The fraction of sp³-hybridized carbons (Fsp3) is 0.400. The minimum absolute atomic E-state index is 0.0701. The molecule has 28 heavy (non-hydrogen) atoms. The van der Waals surface area contributed by atoms with Crippen LogP contribution in [-0.4, -0.2) is 75.2 Å². The molecule has 1 saturated heterocycles. The lowest BCUT2D eigenvalue weighted by atomic mass is 10.3. The summed E-state index contributed by atoms with van der Waals surface area (Å²) < 4.78 is 16.1. The Kier molecular flexibility index (Phi) is 6.78. The summed E-state index contributed by atoms with van der Waals surface area (Å²) in [4.78, 5) is 20.6. The first-order valence-electron chi connectivity index (χ1n) is 9.26. The van der Waals surface area contributed by atoms with Crippen LogP contribution in [0.4, 0.5) is 0 Å². The van der Waals surface area contributed by atoms with E-state index >= 15 is 0 Å². The zero-order chi connectivity index (χ0) is 19.8. The van der Waals surface area contributed by atoms with Gasteiger partial charge in [-0.05, 0) is 24.3 Å². The molecule has 0 radical (unpaired) electrons. The van der Waals surface area contributed by atoms with Crippen LogP contribution in [0.15, 0.2) is 52.1 Å². The molecule has 0 atom stereocenters. The quantitative estimate of drug-likeness (QED) is 0.463. The van der Waals surface area contributed by atoms with E-state index in [4.69, 9.17) is 13.9 Å². The molecule has 0 bridgehead atoms. The van der Waals surface area contributed by atoms with Crippen molar-refractivity contribution in [3.05, 3.63) is 48.4 Å². The van der Waals surface area contributed by atoms with Crippen LogP contribution in [0.3, 0.4) is 0 Å². The Bertz CT molecular complexity index is 783. The maximum atomic E-state index is 12.3. The third kappa shape index (κ3) is 4.97. The third-order valence-corrected chi connectivity index (χ3v) is 4.51. The maximum Gasteiger partial charge on any atom is 0.289 e. The molecule has 8 nitrogen and oxygen atoms in total. The number of carbonyl (C=O) groups excluding carboxylic acids is 1. The molecule has 1 amide bonds. The van der Waals surface area contributed by atoms with Gasteiger partial charge in [-0.3, -0.25) is 9.79 Å². The highest BCUT2D eigenvalue weighted by atomic mass is 16.5. The SMILES string of the molecule is CN=C(NCCOc1cccc(OC)c1)N1CCN(C(=O)c2ccco2)CC1. The number of hydrogen-bond acceptors (Lipinski definition) is 5. The van der Waals surface area contributed by atoms with Crippen LogP contribution in [-0.2, 0) is 0 Å². The van der Waals surface area contributed by atoms with Gasteiger partial charge in [-0.25, -0.2) is 0 Å². The lowest BCUT2D eigenvalue weighted by Crippen LogP contribution is -2.54. The number of guanidine groups is 1. The van der Waals surface area contributed by atoms with Crippen LogP contribution >= 0.6 is 0 Å². The number of hydrogen-bond donors (Lipinski definition) is 1. The van der Waals surface area contributed by atoms with Gasteiger partial charge in [0.1, 0.15) is 18.1 Å². The van der Waals surface area contributed by atoms with E-state index in [0.29, 0.717) is 45.1 Å². The second kappa shape index (κ2) is 9.68. The van der Waals surface area contributed by atoms with Crippen molar-refractivity contribution in [1.82, 2.24) is 15.1 Å². The molecule has 2 aromatic rings. The maximum absolute atomic E-state index is 12.3. The molecular formula is C20H26N4O4. The molecule has 1 aliphatic heterocycles. The number of amides is 1. The molecule has 0 spiro atoms. The highest BCUT2D eigenvalue weighted by molar-refractivity contribution is 5.91. The summed E-state index contributed by atoms with van der Waals surface area (Å²) in [7, 11) is 3.39. The predicted molar refractivity (Wildman–Crippen MR) is 106 cm³/mol. The third-order valence-electron chi connectivity index (χ3n) is 4.51. The minimum Gasteiger partial charge on any atom is -0.497 e. The zero-order valence-corrected chi connectivity index (χ0v) is 16.3. The molecule has 3 rings (SSSR count). The number of nitrogens with one attached hydrogen (secondary N) is 1. The highest BCUT2D eigenvalue weighted by Gasteiger charge is 2.25. The van der Waals surface area contributed by atoms with E-state index in [1.165, 1.54) is 6.26 Å². The van der Waals surface area contributed by atoms with Crippen molar-refractivity contribution in [2.75, 3.05) is 53.5 Å². The zero-order valence-electron chi connectivity index (χ0n) is 16.3. The normalized spacial score (nSPS) is 14.7. The van der Waals surface area contributed by atoms with Crippen LogP contribution in [0.25, 0.3) is 0 Å². The standard InChI is InChI=1S/C20H26N4O4/c1-21-20(22-8-14-27-17-6-3-5-16(15-17)26-2)24-11-9-23(10-12-24)19(25)18-7-4-13-28-18/h3-7,13,15H,8-12,14H2,1-2H3,(H,21,22). The molecule has 1 aliphatic rings. The summed E-state index contributed by atoms with van der Waals surface area (Å²) in [6, 6.07) is 10.9. The molecule has 150 valence electrons. The predicted octanol–water partition coefficient (Wildman–Crippen LogP) is 1.70. The van der Waals surface area contributed by atoms with Crippen molar-refractivity contribution in [3.63, 3.8) is 0 Å². The van der Waals surface area contributed by atoms with Crippen LogP contribution in [0.1, 0.15) is 10.6 Å². The molecule has 0 saturated carbocycles. The Hall–Kier alpha value is -3.16. The summed E-state index contributed by atoms with van der Waals surface area (Å²) in [6.45, 7) is 3.80. The lowest BCUT2D eigenvalue weighted by molar-refractivity contribution is 0.0657. The van der Waals surface area contributed by atoms with Crippen molar-refractivity contribution in [1.29, 1.82) is 0 Å². The Labute approximate surface area is 164 Å². The number of ether oxygens (including phenoxy) is 2. The van der Waals surface area contributed by atoms with E-state index in [-0.39, 0.29) is 5.91 Å². The molecular weight excluding hydrogens is 360 g/mol. The molecule has 1 N–H and O–H groups in total. The van der Waals surface area contributed by atoms with Crippen molar-refractivity contribution in [3.8, 4) is 11.5 Å². The summed E-state index contributed by atoms with van der Waals surface area (Å²) in [6.07, 6.45) is 1.52. The largest absolute Gasteiger partial charge is 0.497 e. The van der Waals surface area contributed by atoms with Gasteiger partial charge >= 0.3 is 0 Å². The summed E-state index contributed by atoms with van der Waals surface area (Å²) in [5, 5.41) is 3.31. The average molecular weight is 386 g/mol. The summed E-state index contributed by atoms with van der Waals surface area (Å²) in [5.41, 5.74) is 0. The van der Waals surface area contributed by atoms with Gasteiger partial charge in [-0.15, -0.1) is 0 Å². The second-order valence-electron chi connectivity index (χ2n) is 6.26. The number of rotatable bonds is 6. The van der Waals surface area contributed by atoms with Gasteiger partial charge in [-0.2, -0.15) is 0 Å². The average Bonchev–Trinajstić information content (AvgIpc) is 3.28. The number of piperazine rings is 1. The smallest absolute Gasteiger partial charge is 0.289 e. The Balaban J connectivity index is 1.41. The van der Waals surface area contributed by atoms with Crippen molar-refractivity contribution in [2.24, 2.45) is 4.99 Å². The summed E-state index contributed by atoms with van der Waals surface area (Å²) >= 11 is 0. The van der Waals surface area contributed by atoms with E-state index in [1.807, 2.05) is 24.3 Å². The van der Waals surface area contributed by atoms with Crippen LogP contribution < -0.4 is 14.8 Å². The number of aliphatic imine (C=N–C) groups is 1. The van der Waals surface area contributed by atoms with E-state index in [9.17, 15) is 4.79 Å². The van der Waals surface area contributed by atoms with Crippen molar-refractivity contribution >= 4 is 11.9 Å². The first kappa shape index (κ1) is 19.6. The van der Waals surface area contributed by atoms with Gasteiger partial charge in [0, 0.05) is 39.3 Å². The van der Waals surface area contributed by atoms with Crippen molar-refractivity contribution in [2.45, 2.75) is 0 Å². The van der Waals surface area contributed by atoms with Gasteiger partial charge in [0.15, 0.2) is 11.7 Å². The lowest BCUT2D eigenvalue weighted by Gasteiger charge is -2.36. The number of benzene rings is 1. The van der Waals surface area contributed by atoms with Crippen LogP contribution in [0.5, 0.6) is 11.5 Å². The molecule has 1 fully saturated rings. The van der Waals surface area contributed by atoms with Gasteiger partial charge in [0.25, 0.3) is 5.91 Å². The molecule has 2 heterocycles. The van der Waals surface area contributed by atoms with E-state index in [2.05, 4.69) is 15.2 Å². The van der Waals surface area contributed by atoms with Crippen LogP contribution in [0, 0.1) is 0 Å². The molecule has 1 aromatic carbocycles. The molecule has 8 heteroatoms. The number of nitrogens with zero attached hydrogens (tertiary/aromatic N) is 3. The van der Waals surface area contributed by atoms with Crippen LogP contribution in [0.2, 0.25) is 0 Å². The topological polar surface area (TPSA) is 79.5 Å². The Morgan fingerprint density at radius 2 is 1.89 bits per heavy atom. The van der Waals surface area contributed by atoms with Gasteiger partial charge in [0.05, 0.1) is 19.9 Å². The molecule has 0 aliphatic carbocycles. The fourth-order valence-electron chi connectivity index (χ4n) is 3.03. The number of carbonyl (C=O) groups is 1. The second-order valence-corrected chi connectivity index (χ2v) is 6.26. The van der Waals surface area contributed by atoms with Gasteiger partial charge < -0.3 is 29.0 Å². The Morgan fingerprint density at radius 1 is 1.14 bits per heavy atom.